The minimum Gasteiger partial charge on any atom is -0.445 e. The van der Waals surface area contributed by atoms with E-state index in [-0.39, 0.29) is 24.1 Å². The third-order valence-corrected chi connectivity index (χ3v) is 4.28. The van der Waals surface area contributed by atoms with Gasteiger partial charge in [-0.2, -0.15) is 0 Å². The first-order valence-corrected chi connectivity index (χ1v) is 7.44. The van der Waals surface area contributed by atoms with Crippen molar-refractivity contribution in [3.8, 4) is 0 Å². The van der Waals surface area contributed by atoms with Crippen molar-refractivity contribution in [3.63, 3.8) is 0 Å². The fourth-order valence-corrected chi connectivity index (χ4v) is 3.15. The van der Waals surface area contributed by atoms with Gasteiger partial charge in [-0.3, -0.25) is 4.79 Å². The minimum absolute atomic E-state index is 0.0979. The van der Waals surface area contributed by atoms with E-state index in [1.165, 1.54) is 0 Å². The largest absolute Gasteiger partial charge is 0.445 e. The highest BCUT2D eigenvalue weighted by atomic mass is 16.6. The molecule has 3 rings (SSSR count). The molecular formula is C16H20N2O3. The number of piperidine rings is 1. The normalized spacial score (nSPS) is 25.0. The highest BCUT2D eigenvalue weighted by molar-refractivity contribution is 5.78. The molecule has 1 atom stereocenters. The first kappa shape index (κ1) is 13.9. The number of benzene rings is 1. The van der Waals surface area contributed by atoms with E-state index >= 15 is 0 Å². The van der Waals surface area contributed by atoms with Crippen LogP contribution >= 0.6 is 0 Å². The molecule has 5 heteroatoms. The topological polar surface area (TPSA) is 58.6 Å². The van der Waals surface area contributed by atoms with Crippen molar-refractivity contribution < 1.29 is 14.3 Å². The predicted molar refractivity (Wildman–Crippen MR) is 77.5 cm³/mol. The van der Waals surface area contributed by atoms with Crippen molar-refractivity contribution in [3.05, 3.63) is 35.9 Å². The summed E-state index contributed by atoms with van der Waals surface area (Å²) in [4.78, 5) is 25.4. The van der Waals surface area contributed by atoms with E-state index < -0.39 is 0 Å². The van der Waals surface area contributed by atoms with Gasteiger partial charge in [-0.25, -0.2) is 4.79 Å². The van der Waals surface area contributed by atoms with Crippen LogP contribution in [0.3, 0.4) is 0 Å². The molecule has 0 aromatic heterocycles. The molecule has 2 saturated heterocycles. The van der Waals surface area contributed by atoms with E-state index in [1.54, 1.807) is 4.90 Å². The van der Waals surface area contributed by atoms with Crippen LogP contribution in [0.1, 0.15) is 31.2 Å². The van der Waals surface area contributed by atoms with Gasteiger partial charge in [0.1, 0.15) is 6.61 Å². The lowest BCUT2D eigenvalue weighted by molar-refractivity contribution is -0.124. The van der Waals surface area contributed by atoms with Crippen LogP contribution in [0.5, 0.6) is 0 Å². The lowest BCUT2D eigenvalue weighted by atomic mass is 9.88. The number of amides is 2. The SMILES string of the molecule is O=C1CCC[C@]2(CCN(C(=O)OCc3ccccc3)C2)N1. The first-order valence-electron chi connectivity index (χ1n) is 7.44. The van der Waals surface area contributed by atoms with E-state index in [4.69, 9.17) is 4.74 Å². The molecule has 0 aliphatic carbocycles. The second-order valence-electron chi connectivity index (χ2n) is 5.89. The molecule has 2 aliphatic heterocycles. The highest BCUT2D eigenvalue weighted by Gasteiger charge is 2.43. The lowest BCUT2D eigenvalue weighted by Crippen LogP contribution is -2.53. The second kappa shape index (κ2) is 5.76. The summed E-state index contributed by atoms with van der Waals surface area (Å²) in [5.41, 5.74) is 0.756. The van der Waals surface area contributed by atoms with Gasteiger partial charge in [-0.1, -0.05) is 30.3 Å². The fourth-order valence-electron chi connectivity index (χ4n) is 3.15. The summed E-state index contributed by atoms with van der Waals surface area (Å²) in [6.07, 6.45) is 2.97. The van der Waals surface area contributed by atoms with Crippen molar-refractivity contribution in [2.75, 3.05) is 13.1 Å². The van der Waals surface area contributed by atoms with E-state index in [1.807, 2.05) is 30.3 Å². The van der Waals surface area contributed by atoms with Crippen LogP contribution in [0.25, 0.3) is 0 Å². The maximum Gasteiger partial charge on any atom is 0.410 e. The Labute approximate surface area is 124 Å². The average Bonchev–Trinajstić information content (AvgIpc) is 2.89. The third kappa shape index (κ3) is 3.17. The Balaban J connectivity index is 1.53. The van der Waals surface area contributed by atoms with Crippen molar-refractivity contribution >= 4 is 12.0 Å². The quantitative estimate of drug-likeness (QED) is 0.906. The van der Waals surface area contributed by atoms with Gasteiger partial charge < -0.3 is 15.0 Å². The van der Waals surface area contributed by atoms with E-state index in [0.29, 0.717) is 19.5 Å². The molecule has 0 saturated carbocycles. The Hall–Kier alpha value is -2.04. The number of hydrogen-bond donors (Lipinski definition) is 1. The number of hydrogen-bond acceptors (Lipinski definition) is 3. The van der Waals surface area contributed by atoms with Crippen LogP contribution in [-0.4, -0.2) is 35.5 Å². The molecule has 1 N–H and O–H groups in total. The Morgan fingerprint density at radius 1 is 1.29 bits per heavy atom. The standard InChI is InChI=1S/C16H20N2O3/c19-14-7-4-8-16(17-14)9-10-18(12-16)15(20)21-11-13-5-2-1-3-6-13/h1-3,5-6H,4,7-12H2,(H,17,19)/t16-/m1/s1. The average molecular weight is 288 g/mol. The molecule has 2 heterocycles. The Bertz CT molecular complexity index is 532. The monoisotopic (exact) mass is 288 g/mol. The number of nitrogens with one attached hydrogen (secondary N) is 1. The van der Waals surface area contributed by atoms with Gasteiger partial charge >= 0.3 is 6.09 Å². The number of rotatable bonds is 2. The summed E-state index contributed by atoms with van der Waals surface area (Å²) in [6, 6.07) is 9.64. The van der Waals surface area contributed by atoms with Crippen molar-refractivity contribution in [2.24, 2.45) is 0 Å². The molecule has 0 radical (unpaired) electrons. The number of nitrogens with zero attached hydrogens (tertiary/aromatic N) is 1. The Morgan fingerprint density at radius 2 is 2.10 bits per heavy atom. The molecule has 1 aromatic carbocycles. The molecule has 1 spiro atoms. The van der Waals surface area contributed by atoms with Gasteiger partial charge in [0.2, 0.25) is 5.91 Å². The lowest BCUT2D eigenvalue weighted by Gasteiger charge is -2.34. The van der Waals surface area contributed by atoms with Gasteiger partial charge in [-0.05, 0) is 24.8 Å². The highest BCUT2D eigenvalue weighted by Crippen LogP contribution is 2.30. The molecule has 2 aliphatic rings. The maximum atomic E-state index is 12.1. The van der Waals surface area contributed by atoms with Crippen LogP contribution in [0.4, 0.5) is 4.79 Å². The Morgan fingerprint density at radius 3 is 2.86 bits per heavy atom. The van der Waals surface area contributed by atoms with Gasteiger partial charge in [0.15, 0.2) is 0 Å². The Kier molecular flexibility index (Phi) is 3.82. The molecule has 0 unspecified atom stereocenters. The summed E-state index contributed by atoms with van der Waals surface area (Å²) in [6.45, 7) is 1.50. The zero-order chi connectivity index (χ0) is 14.7. The number of carbonyl (C=O) groups is 2. The first-order chi connectivity index (χ1) is 10.2. The molecule has 5 nitrogen and oxygen atoms in total. The number of likely N-dealkylation sites (tertiary alicyclic amines) is 1. The third-order valence-electron chi connectivity index (χ3n) is 4.28. The zero-order valence-electron chi connectivity index (χ0n) is 12.0. The van der Waals surface area contributed by atoms with Gasteiger partial charge in [-0.15, -0.1) is 0 Å². The molecular weight excluding hydrogens is 268 g/mol. The molecule has 112 valence electrons. The molecule has 1 aromatic rings. The van der Waals surface area contributed by atoms with Crippen molar-refractivity contribution in [2.45, 2.75) is 37.8 Å². The summed E-state index contributed by atoms with van der Waals surface area (Å²) in [5.74, 6) is 0.0979. The molecule has 2 amide bonds. The molecule has 21 heavy (non-hydrogen) atoms. The van der Waals surface area contributed by atoms with Gasteiger partial charge in [0, 0.05) is 19.5 Å². The predicted octanol–water partition coefficient (Wildman–Crippen LogP) is 2.07. The van der Waals surface area contributed by atoms with Gasteiger partial charge in [0.25, 0.3) is 0 Å². The van der Waals surface area contributed by atoms with Crippen molar-refractivity contribution in [1.29, 1.82) is 0 Å². The fraction of sp³-hybridized carbons (Fsp3) is 0.500. The van der Waals surface area contributed by atoms with Crippen LogP contribution in [-0.2, 0) is 16.1 Å². The summed E-state index contributed by atoms with van der Waals surface area (Å²) in [5, 5.41) is 3.06. The maximum absolute atomic E-state index is 12.1. The number of carbonyl (C=O) groups excluding carboxylic acids is 2. The van der Waals surface area contributed by atoms with Crippen LogP contribution in [0.15, 0.2) is 30.3 Å². The minimum atomic E-state index is -0.296. The van der Waals surface area contributed by atoms with Crippen LogP contribution in [0, 0.1) is 0 Å². The molecule has 0 bridgehead atoms. The summed E-state index contributed by atoms with van der Waals surface area (Å²) in [7, 11) is 0. The van der Waals surface area contributed by atoms with Gasteiger partial charge in [0.05, 0.1) is 5.54 Å². The summed E-state index contributed by atoms with van der Waals surface area (Å²) >= 11 is 0. The molecule has 2 fully saturated rings. The van der Waals surface area contributed by atoms with E-state index in [0.717, 1.165) is 24.8 Å². The summed E-state index contributed by atoms with van der Waals surface area (Å²) < 4.78 is 5.35. The van der Waals surface area contributed by atoms with E-state index in [2.05, 4.69) is 5.32 Å². The van der Waals surface area contributed by atoms with Crippen LogP contribution in [0.2, 0.25) is 0 Å². The smallest absolute Gasteiger partial charge is 0.410 e. The van der Waals surface area contributed by atoms with Crippen LogP contribution < -0.4 is 5.32 Å². The second-order valence-corrected chi connectivity index (χ2v) is 5.89. The zero-order valence-corrected chi connectivity index (χ0v) is 12.0. The number of ether oxygens (including phenoxy) is 1. The van der Waals surface area contributed by atoms with E-state index in [9.17, 15) is 9.59 Å². The van der Waals surface area contributed by atoms with Crippen molar-refractivity contribution in [1.82, 2.24) is 10.2 Å².